The van der Waals surface area contributed by atoms with Gasteiger partial charge < -0.3 is 10.2 Å². The molecule has 2 nitrogen and oxygen atoms in total. The Morgan fingerprint density at radius 3 is 2.43 bits per heavy atom. The Kier molecular flexibility index (Phi) is 6.91. The first-order chi connectivity index (χ1) is 10.3. The summed E-state index contributed by atoms with van der Waals surface area (Å²) in [7, 11) is 0. The van der Waals surface area contributed by atoms with Crippen molar-refractivity contribution in [2.24, 2.45) is 0 Å². The molecule has 1 aliphatic carbocycles. The van der Waals surface area contributed by atoms with Gasteiger partial charge in [-0.25, -0.2) is 0 Å². The Morgan fingerprint density at radius 1 is 1.10 bits per heavy atom. The Hall–Kier alpha value is -0.670. The zero-order chi connectivity index (χ0) is 15.1. The number of hydrogen-bond donors (Lipinski definition) is 1. The van der Waals surface area contributed by atoms with Crippen LogP contribution in [-0.2, 0) is 6.54 Å². The third-order valence-electron chi connectivity index (χ3n) is 4.47. The van der Waals surface area contributed by atoms with E-state index in [-0.39, 0.29) is 0 Å². The largest absolute Gasteiger partial charge is 0.372 e. The summed E-state index contributed by atoms with van der Waals surface area (Å²) in [4.78, 5) is 2.39. The molecular weight excluding hydrogens is 276 g/mol. The summed E-state index contributed by atoms with van der Waals surface area (Å²) >= 11 is 2.13. The highest BCUT2D eigenvalue weighted by Gasteiger charge is 2.26. The van der Waals surface area contributed by atoms with Crippen LogP contribution in [0.2, 0.25) is 0 Å². The van der Waals surface area contributed by atoms with Crippen molar-refractivity contribution in [3.63, 3.8) is 0 Å². The van der Waals surface area contributed by atoms with E-state index in [0.717, 1.165) is 24.9 Å². The quantitative estimate of drug-likeness (QED) is 0.771. The molecule has 2 atom stereocenters. The normalized spacial score (nSPS) is 21.7. The van der Waals surface area contributed by atoms with Gasteiger partial charge in [-0.2, -0.15) is 11.8 Å². The molecule has 2 unspecified atom stereocenters. The van der Waals surface area contributed by atoms with Gasteiger partial charge in [0.05, 0.1) is 0 Å². The van der Waals surface area contributed by atoms with Gasteiger partial charge in [-0.05, 0) is 50.1 Å². The van der Waals surface area contributed by atoms with E-state index >= 15 is 0 Å². The number of rotatable bonds is 8. The molecule has 0 saturated heterocycles. The zero-order valence-corrected chi connectivity index (χ0v) is 14.6. The Morgan fingerprint density at radius 2 is 1.81 bits per heavy atom. The van der Waals surface area contributed by atoms with E-state index in [1.165, 1.54) is 36.3 Å². The van der Waals surface area contributed by atoms with Gasteiger partial charge in [-0.3, -0.25) is 0 Å². The molecule has 118 valence electrons. The summed E-state index contributed by atoms with van der Waals surface area (Å²) in [5.41, 5.74) is 2.74. The fraction of sp³-hybridized carbons (Fsp3) is 0.667. The predicted octanol–water partition coefficient (Wildman–Crippen LogP) is 4.30. The van der Waals surface area contributed by atoms with Gasteiger partial charge in [0.2, 0.25) is 0 Å². The van der Waals surface area contributed by atoms with Crippen LogP contribution >= 0.6 is 11.8 Å². The third kappa shape index (κ3) is 4.65. The molecule has 0 aliphatic heterocycles. The third-order valence-corrected chi connectivity index (χ3v) is 5.79. The first-order valence-electron chi connectivity index (χ1n) is 8.47. The van der Waals surface area contributed by atoms with Crippen molar-refractivity contribution >= 4 is 17.4 Å². The van der Waals surface area contributed by atoms with Crippen molar-refractivity contribution in [2.75, 3.05) is 23.7 Å². The average molecular weight is 307 g/mol. The Labute approximate surface area is 134 Å². The van der Waals surface area contributed by atoms with E-state index in [1.54, 1.807) is 0 Å². The van der Waals surface area contributed by atoms with Crippen LogP contribution in [0.4, 0.5) is 5.69 Å². The molecule has 0 amide bonds. The van der Waals surface area contributed by atoms with Crippen molar-refractivity contribution in [1.29, 1.82) is 0 Å². The van der Waals surface area contributed by atoms with Crippen LogP contribution in [0.25, 0.3) is 0 Å². The summed E-state index contributed by atoms with van der Waals surface area (Å²) in [6.45, 7) is 9.85. The van der Waals surface area contributed by atoms with E-state index in [4.69, 9.17) is 0 Å². The molecule has 1 saturated carbocycles. The lowest BCUT2D eigenvalue weighted by atomic mass is 10.1. The molecule has 0 heterocycles. The molecule has 21 heavy (non-hydrogen) atoms. The first kappa shape index (κ1) is 16.7. The molecule has 1 aliphatic rings. The topological polar surface area (TPSA) is 15.3 Å². The number of nitrogens with zero attached hydrogens (tertiary/aromatic N) is 1. The summed E-state index contributed by atoms with van der Waals surface area (Å²) in [5.74, 6) is 1.24. The monoisotopic (exact) mass is 306 g/mol. The van der Waals surface area contributed by atoms with Gasteiger partial charge >= 0.3 is 0 Å². The van der Waals surface area contributed by atoms with Crippen molar-refractivity contribution < 1.29 is 0 Å². The highest BCUT2D eigenvalue weighted by molar-refractivity contribution is 7.99. The number of nitrogens with one attached hydrogen (secondary N) is 1. The molecule has 1 aromatic rings. The second kappa shape index (κ2) is 8.70. The van der Waals surface area contributed by atoms with E-state index < -0.39 is 0 Å². The highest BCUT2D eigenvalue weighted by Crippen LogP contribution is 2.30. The lowest BCUT2D eigenvalue weighted by molar-refractivity contribution is 0.532. The lowest BCUT2D eigenvalue weighted by Gasteiger charge is -2.22. The minimum Gasteiger partial charge on any atom is -0.372 e. The summed E-state index contributed by atoms with van der Waals surface area (Å²) < 4.78 is 0. The average Bonchev–Trinajstić information content (AvgIpc) is 2.95. The van der Waals surface area contributed by atoms with E-state index in [2.05, 4.69) is 67.0 Å². The van der Waals surface area contributed by atoms with Gasteiger partial charge in [0.1, 0.15) is 0 Å². The molecular formula is C18H30N2S. The van der Waals surface area contributed by atoms with Crippen LogP contribution < -0.4 is 10.2 Å². The Bertz CT molecular complexity index is 400. The van der Waals surface area contributed by atoms with Crippen LogP contribution in [-0.4, -0.2) is 30.1 Å². The maximum atomic E-state index is 3.78. The number of hydrogen-bond acceptors (Lipinski definition) is 3. The molecule has 1 N–H and O–H groups in total. The van der Waals surface area contributed by atoms with Gasteiger partial charge in [-0.15, -0.1) is 0 Å². The maximum absolute atomic E-state index is 3.78. The van der Waals surface area contributed by atoms with Crippen LogP contribution in [0, 0.1) is 0 Å². The van der Waals surface area contributed by atoms with Gasteiger partial charge in [0.25, 0.3) is 0 Å². The molecule has 1 aromatic carbocycles. The Balaban J connectivity index is 1.86. The second-order valence-electron chi connectivity index (χ2n) is 5.75. The van der Waals surface area contributed by atoms with Gasteiger partial charge in [0.15, 0.2) is 0 Å². The zero-order valence-electron chi connectivity index (χ0n) is 13.8. The van der Waals surface area contributed by atoms with Crippen molar-refractivity contribution in [1.82, 2.24) is 5.32 Å². The SMILES string of the molecule is CCSC1CCCC1NCc1ccc(N(CC)CC)cc1. The second-order valence-corrected chi connectivity index (χ2v) is 7.27. The van der Waals surface area contributed by atoms with Crippen LogP contribution in [0.1, 0.15) is 45.6 Å². The standard InChI is InChI=1S/C18H30N2S/c1-4-20(5-2)16-12-10-15(11-13-16)14-19-17-8-7-9-18(17)21-6-3/h10-13,17-19H,4-9,14H2,1-3H3. The van der Waals surface area contributed by atoms with Gasteiger partial charge in [-0.1, -0.05) is 25.5 Å². The molecule has 0 bridgehead atoms. The van der Waals surface area contributed by atoms with Crippen LogP contribution in [0.15, 0.2) is 24.3 Å². The smallest absolute Gasteiger partial charge is 0.0366 e. The molecule has 0 spiro atoms. The van der Waals surface area contributed by atoms with Gasteiger partial charge in [0, 0.05) is 36.6 Å². The molecule has 3 heteroatoms. The molecule has 0 radical (unpaired) electrons. The van der Waals surface area contributed by atoms with Crippen LogP contribution in [0.5, 0.6) is 0 Å². The van der Waals surface area contributed by atoms with E-state index in [9.17, 15) is 0 Å². The molecule has 1 fully saturated rings. The highest BCUT2D eigenvalue weighted by atomic mass is 32.2. The van der Waals surface area contributed by atoms with E-state index in [0.29, 0.717) is 6.04 Å². The molecule has 2 rings (SSSR count). The van der Waals surface area contributed by atoms with Crippen LogP contribution in [0.3, 0.4) is 0 Å². The maximum Gasteiger partial charge on any atom is 0.0366 e. The number of anilines is 1. The lowest BCUT2D eigenvalue weighted by Crippen LogP contribution is -2.33. The van der Waals surface area contributed by atoms with Crippen molar-refractivity contribution in [3.05, 3.63) is 29.8 Å². The number of thioether (sulfide) groups is 1. The first-order valence-corrected chi connectivity index (χ1v) is 9.52. The summed E-state index contributed by atoms with van der Waals surface area (Å²) in [5, 5.41) is 4.60. The predicted molar refractivity (Wildman–Crippen MR) is 96.4 cm³/mol. The number of benzene rings is 1. The minimum absolute atomic E-state index is 0.706. The van der Waals surface area contributed by atoms with Crippen molar-refractivity contribution in [2.45, 2.75) is 57.9 Å². The minimum atomic E-state index is 0.706. The summed E-state index contributed by atoms with van der Waals surface area (Å²) in [6, 6.07) is 9.78. The summed E-state index contributed by atoms with van der Waals surface area (Å²) in [6.07, 6.45) is 4.11. The van der Waals surface area contributed by atoms with Crippen molar-refractivity contribution in [3.8, 4) is 0 Å². The molecule has 0 aromatic heterocycles. The van der Waals surface area contributed by atoms with E-state index in [1.807, 2.05) is 0 Å². The fourth-order valence-electron chi connectivity index (χ4n) is 3.24. The fourth-order valence-corrected chi connectivity index (χ4v) is 4.46.